The Balaban J connectivity index is 0.000000213. The number of aromatic hydroxyl groups is 4. The number of hydrogen-bond donors (Lipinski definition) is 8. The van der Waals surface area contributed by atoms with E-state index in [0.29, 0.717) is 158 Å². The largest absolute Gasteiger partial charge is 0.504 e. The fraction of sp³-hybridized carbons (Fsp3) is 0.171. The van der Waals surface area contributed by atoms with Crippen LogP contribution in [-0.2, 0) is 0 Å². The van der Waals surface area contributed by atoms with Gasteiger partial charge in [-0.15, -0.1) is 0 Å². The summed E-state index contributed by atoms with van der Waals surface area (Å²) in [5.74, 6) is 7.19. The highest BCUT2D eigenvalue weighted by Crippen LogP contribution is 2.46. The summed E-state index contributed by atoms with van der Waals surface area (Å²) in [6.07, 6.45) is 26.2. The number of hydrogen-bond acceptors (Lipinski definition) is 30. The molecule has 0 aromatic heterocycles. The van der Waals surface area contributed by atoms with Gasteiger partial charge in [0.05, 0.1) is 151 Å². The number of methoxy groups -OCH3 is 18. The minimum atomic E-state index is -0.250. The highest BCUT2D eigenvalue weighted by Gasteiger charge is 2.21. The molecule has 0 aliphatic heterocycles. The first-order chi connectivity index (χ1) is 69.1. The Morgan fingerprint density at radius 2 is 0.448 bits per heavy atom. The number of ketones is 4. The minimum Gasteiger partial charge on any atom is -0.504 e. The van der Waals surface area contributed by atoms with Crippen molar-refractivity contribution in [1.82, 2.24) is 0 Å². The summed E-state index contributed by atoms with van der Waals surface area (Å²) in [7, 11) is 27.4. The zero-order chi connectivity index (χ0) is 104. The van der Waals surface area contributed by atoms with E-state index >= 15 is 0 Å². The van der Waals surface area contributed by atoms with Crippen molar-refractivity contribution in [2.75, 3.05) is 149 Å². The Morgan fingerprint density at radius 1 is 0.224 bits per heavy atom. The predicted octanol–water partition coefficient (Wildman–Crippen LogP) is 23.3. The molecule has 0 atom stereocenters. The van der Waals surface area contributed by atoms with Crippen LogP contribution in [-0.4, -0.2) is 172 Å². The molecule has 12 aromatic rings. The summed E-state index contributed by atoms with van der Waals surface area (Å²) >= 11 is 11.8. The quantitative estimate of drug-likeness (QED) is 0.0100. The van der Waals surface area contributed by atoms with E-state index in [-0.39, 0.29) is 69.1 Å². The maximum atomic E-state index is 12.7. The van der Waals surface area contributed by atoms with Crippen molar-refractivity contribution >= 4 is 118 Å². The molecule has 32 heteroatoms. The first-order valence-electron chi connectivity index (χ1n) is 43.3. The Morgan fingerprint density at radius 3 is 0.685 bits per heavy atom. The van der Waals surface area contributed by atoms with Crippen LogP contribution < -0.4 is 107 Å². The van der Waals surface area contributed by atoms with E-state index in [0.717, 1.165) is 27.8 Å². The van der Waals surface area contributed by atoms with Crippen molar-refractivity contribution in [2.45, 2.75) is 6.92 Å². The van der Waals surface area contributed by atoms with Crippen molar-refractivity contribution in [1.29, 1.82) is 0 Å². The second kappa shape index (κ2) is 54.7. The first kappa shape index (κ1) is 109. The first-order valence-corrected chi connectivity index (χ1v) is 44.1. The summed E-state index contributed by atoms with van der Waals surface area (Å²) in [6, 6.07) is 53.5. The molecule has 0 spiro atoms. The third-order valence-corrected chi connectivity index (χ3v) is 21.4. The van der Waals surface area contributed by atoms with Gasteiger partial charge in [0.15, 0.2) is 127 Å². The molecular weight excluding hydrogens is 1880 g/mol. The average Bonchev–Trinajstić information content (AvgIpc) is 0.824. The smallest absolute Gasteiger partial charge is 0.203 e. The summed E-state index contributed by atoms with van der Waals surface area (Å²) in [5.41, 5.74) is 11.0. The molecule has 0 radical (unpaired) electrons. The minimum absolute atomic E-state index is 0.0414. The zero-order valence-electron chi connectivity index (χ0n) is 82.2. The van der Waals surface area contributed by atoms with Crippen molar-refractivity contribution in [3.63, 3.8) is 0 Å². The number of carbonyl (C=O) groups excluding carboxylic acids is 4. The third kappa shape index (κ3) is 30.1. The van der Waals surface area contributed by atoms with E-state index in [1.165, 1.54) is 91.8 Å². The van der Waals surface area contributed by atoms with Gasteiger partial charge in [0.2, 0.25) is 23.0 Å². The van der Waals surface area contributed by atoms with E-state index in [2.05, 4.69) is 21.3 Å². The summed E-state index contributed by atoms with van der Waals surface area (Å²) in [5, 5.41) is 55.0. The van der Waals surface area contributed by atoms with Crippen LogP contribution in [0.5, 0.6) is 126 Å². The molecule has 12 aromatic carbocycles. The second-order valence-corrected chi connectivity index (χ2v) is 30.8. The topological polar surface area (TPSA) is 363 Å². The number of phenolic OH excluding ortho intramolecular Hbond substituents is 4. The normalized spacial score (nSPS) is 11.0. The van der Waals surface area contributed by atoms with Crippen molar-refractivity contribution < 1.29 is 125 Å². The van der Waals surface area contributed by atoms with Crippen LogP contribution in [0.15, 0.2) is 237 Å². The number of rotatable bonds is 42. The van der Waals surface area contributed by atoms with Crippen LogP contribution in [0.4, 0.5) is 22.7 Å². The predicted molar refractivity (Wildman–Crippen MR) is 561 cm³/mol. The number of carbonyl (C=O) groups is 4. The number of benzene rings is 12. The summed E-state index contributed by atoms with van der Waals surface area (Å²) in [6.45, 7) is 1.97. The Kier molecular flexibility index (Phi) is 41.8. The van der Waals surface area contributed by atoms with Gasteiger partial charge in [-0.25, -0.2) is 0 Å². The molecule has 0 aliphatic rings. The molecule has 0 saturated heterocycles. The average molecular weight is 1990 g/mol. The molecule has 8 N–H and O–H groups in total. The summed E-state index contributed by atoms with van der Waals surface area (Å²) < 4.78 is 96.4. The standard InChI is InChI=1S/C29H31NO8.C28H29NO6.2C27H26ClNO6/c1-33-24-10-9-20(17-25(24)34-2)22(31)11-12-30-21-13-18(14-23(32)28(21)37-5)7-8-19-15-26(35-3)29(38-6)27(16-19)36-4;1-18-6-10-21(11-7-18)23(30)12-13-29-22-14-19(15-24(31)27(22)34-4)8-9-20-16-25(32-2)28(35-5)26(17-20)33-3;1-32-24-15-18(16-25(33-2)27(24)35-4)6-5-17-13-21(26(34-3)23(31)14-17)29-12-11-22(30)19-7-9-20(28)10-8-19;1-32-24-14-18(15-25(33-2)27(24)35-4)9-8-17-12-21(26(34-3)23(31)13-17)29-11-10-22(30)19-6-5-7-20(28)16-19/h7-17,30,32H,1-6H3;6-17,29,31H,1-5H3;2*5-16,29,31H,1-4H3/b8-7-,12-11-;9-8-,13-12-;6-5-,12-11-;9-8-,11-10-. The number of allylic oxidation sites excluding steroid dienone is 4. The number of phenols is 4. The molecule has 0 heterocycles. The molecule has 12 rings (SSSR count). The van der Waals surface area contributed by atoms with Crippen molar-refractivity contribution in [3.05, 3.63) is 320 Å². The fourth-order valence-corrected chi connectivity index (χ4v) is 14.3. The number of nitrogens with one attached hydrogen (secondary N) is 4. The number of halogens is 2. The SMILES string of the molecule is COc1cc(/C=C\c2cc(O)c(OC)c(N/C=C\C(=O)c3ccc(C)cc3)c2)cc(OC)c1OC.COc1cc(/C=C\c2cc(O)c(OC)c(N/C=C\C(=O)c3ccc(Cl)cc3)c2)cc(OC)c1OC.COc1cc(/C=C\c2cc(O)c(OC)c(N/C=C\C(=O)c3cccc(Cl)c3)c2)cc(OC)c1OC.COc1ccc(C(=O)/C=C\Nc2cc(/C=C\c3cc(OC)c(OC)c(OC)c3)cc(O)c2OC)cc1OC. The van der Waals surface area contributed by atoms with Crippen LogP contribution in [0, 0.1) is 6.92 Å². The lowest BCUT2D eigenvalue weighted by atomic mass is 10.1. The highest BCUT2D eigenvalue weighted by molar-refractivity contribution is 6.31. The van der Waals surface area contributed by atoms with Gasteiger partial charge in [-0.05, 0) is 203 Å². The Bertz CT molecular complexity index is 6410. The Labute approximate surface area is 839 Å². The van der Waals surface area contributed by atoms with Gasteiger partial charge in [0, 0.05) is 81.4 Å². The third-order valence-electron chi connectivity index (χ3n) is 20.9. The van der Waals surface area contributed by atoms with Gasteiger partial charge in [-0.1, -0.05) is 114 Å². The van der Waals surface area contributed by atoms with Crippen molar-refractivity contribution in [2.24, 2.45) is 0 Å². The van der Waals surface area contributed by atoms with Crippen LogP contribution in [0.2, 0.25) is 10.0 Å². The van der Waals surface area contributed by atoms with E-state index < -0.39 is 0 Å². The van der Waals surface area contributed by atoms with E-state index in [9.17, 15) is 39.6 Å². The van der Waals surface area contributed by atoms with Gasteiger partial charge in [-0.2, -0.15) is 0 Å². The van der Waals surface area contributed by atoms with Crippen LogP contribution in [0.25, 0.3) is 48.6 Å². The second-order valence-electron chi connectivity index (χ2n) is 30.0. The van der Waals surface area contributed by atoms with Gasteiger partial charge < -0.3 is 127 Å². The maximum Gasteiger partial charge on any atom is 0.203 e. The van der Waals surface area contributed by atoms with Gasteiger partial charge in [-0.3, -0.25) is 19.2 Å². The molecule has 30 nitrogen and oxygen atoms in total. The van der Waals surface area contributed by atoms with Gasteiger partial charge >= 0.3 is 0 Å². The number of ether oxygens (including phenoxy) is 18. The van der Waals surface area contributed by atoms with Crippen LogP contribution in [0.3, 0.4) is 0 Å². The Hall–Kier alpha value is -17.4. The number of aryl methyl sites for hydroxylation is 1. The molecular formula is C111H112Cl2N4O26. The molecule has 0 bridgehead atoms. The summed E-state index contributed by atoms with van der Waals surface area (Å²) in [4.78, 5) is 49.8. The lowest BCUT2D eigenvalue weighted by Gasteiger charge is -2.13. The zero-order valence-corrected chi connectivity index (χ0v) is 83.7. The van der Waals surface area contributed by atoms with Crippen LogP contribution in [0.1, 0.15) is 91.5 Å². The van der Waals surface area contributed by atoms with Gasteiger partial charge in [0.1, 0.15) is 0 Å². The molecule has 746 valence electrons. The lowest BCUT2D eigenvalue weighted by molar-refractivity contribution is 0.103. The van der Waals surface area contributed by atoms with Crippen LogP contribution >= 0.6 is 23.2 Å². The maximum absolute atomic E-state index is 12.7. The lowest BCUT2D eigenvalue weighted by Crippen LogP contribution is -1.99. The molecule has 143 heavy (non-hydrogen) atoms. The number of anilines is 4. The highest BCUT2D eigenvalue weighted by atomic mass is 35.5. The molecule has 0 aliphatic carbocycles. The monoisotopic (exact) mass is 1990 g/mol. The van der Waals surface area contributed by atoms with E-state index in [4.69, 9.17) is 108 Å². The van der Waals surface area contributed by atoms with Gasteiger partial charge in [0.25, 0.3) is 0 Å². The fourth-order valence-electron chi connectivity index (χ4n) is 13.9. The molecule has 0 saturated carbocycles. The van der Waals surface area contributed by atoms with E-state index in [1.807, 2.05) is 116 Å². The molecule has 0 amide bonds. The van der Waals surface area contributed by atoms with E-state index in [1.54, 1.807) is 213 Å². The molecule has 0 unspecified atom stereocenters. The molecule has 0 fully saturated rings. The van der Waals surface area contributed by atoms with Crippen molar-refractivity contribution in [3.8, 4) is 126 Å².